The first-order valence-electron chi connectivity index (χ1n) is 11.5. The number of nitrogens with zero attached hydrogens (tertiary/aromatic N) is 1. The van der Waals surface area contributed by atoms with E-state index in [2.05, 4.69) is 10.6 Å². The average Bonchev–Trinajstić information content (AvgIpc) is 3.59. The van der Waals surface area contributed by atoms with E-state index >= 15 is 0 Å². The monoisotopic (exact) mass is 497 g/mol. The Morgan fingerprint density at radius 2 is 1.81 bits per heavy atom. The molecular weight excluding hydrogens is 475 g/mol. The molecule has 1 aromatic heterocycles. The lowest BCUT2D eigenvalue weighted by Crippen LogP contribution is -2.28. The Morgan fingerprint density at radius 3 is 2.56 bits per heavy atom. The molecule has 1 fully saturated rings. The smallest absolute Gasteiger partial charge is 0.418 e. The Morgan fingerprint density at radius 1 is 1.00 bits per heavy atom. The quantitative estimate of drug-likeness (QED) is 0.517. The minimum absolute atomic E-state index is 0.0558. The van der Waals surface area contributed by atoms with Crippen LogP contribution in [0.4, 0.5) is 30.2 Å². The highest BCUT2D eigenvalue weighted by molar-refractivity contribution is 6.04. The van der Waals surface area contributed by atoms with Crippen LogP contribution >= 0.6 is 0 Å². The molecule has 10 heteroatoms. The first-order chi connectivity index (χ1) is 17.2. The van der Waals surface area contributed by atoms with E-state index in [1.807, 2.05) is 18.2 Å². The number of carbonyl (C=O) groups is 3. The number of amides is 3. The number of furan rings is 1. The van der Waals surface area contributed by atoms with E-state index in [-0.39, 0.29) is 30.3 Å². The van der Waals surface area contributed by atoms with Crippen molar-refractivity contribution in [1.29, 1.82) is 0 Å². The van der Waals surface area contributed by atoms with Crippen molar-refractivity contribution in [3.05, 3.63) is 77.2 Å². The van der Waals surface area contributed by atoms with Gasteiger partial charge >= 0.3 is 6.18 Å². The molecule has 7 nitrogen and oxygen atoms in total. The molecule has 0 bridgehead atoms. The summed E-state index contributed by atoms with van der Waals surface area (Å²) in [6, 6.07) is 11.7. The minimum atomic E-state index is -4.80. The van der Waals surface area contributed by atoms with Crippen molar-refractivity contribution in [3.63, 3.8) is 0 Å². The molecule has 0 radical (unpaired) electrons. The van der Waals surface area contributed by atoms with E-state index in [9.17, 15) is 27.6 Å². The summed E-state index contributed by atoms with van der Waals surface area (Å²) in [4.78, 5) is 39.1. The molecule has 3 aromatic rings. The maximum absolute atomic E-state index is 13.8. The maximum Gasteiger partial charge on any atom is 0.418 e. The molecule has 2 N–H and O–H groups in total. The Kier molecular flexibility index (Phi) is 6.03. The Balaban J connectivity index is 1.31. The second-order valence-corrected chi connectivity index (χ2v) is 8.89. The van der Waals surface area contributed by atoms with Gasteiger partial charge in [0.1, 0.15) is 0 Å². The molecule has 1 aliphatic carbocycles. The first kappa shape index (κ1) is 23.7. The van der Waals surface area contributed by atoms with Crippen LogP contribution < -0.4 is 15.5 Å². The van der Waals surface area contributed by atoms with Crippen molar-refractivity contribution >= 4 is 34.8 Å². The molecule has 3 amide bonds. The lowest BCUT2D eigenvalue weighted by Gasteiger charge is -2.19. The molecule has 1 unspecified atom stereocenters. The Hall–Kier alpha value is -4.08. The van der Waals surface area contributed by atoms with E-state index in [4.69, 9.17) is 4.42 Å². The number of aryl methyl sites for hydroxylation is 2. The predicted octanol–water partition coefficient (Wildman–Crippen LogP) is 5.03. The summed E-state index contributed by atoms with van der Waals surface area (Å²) in [6.07, 6.45) is -0.620. The fourth-order valence-electron chi connectivity index (χ4n) is 4.66. The number of hydrogen-bond acceptors (Lipinski definition) is 4. The zero-order chi connectivity index (χ0) is 25.4. The number of hydrogen-bond donors (Lipinski definition) is 2. The number of carbonyl (C=O) groups excluding carboxylic acids is 3. The SMILES string of the molecule is O=C(Nc1ccc(NC(=O)C2CC(=O)N(c3ccc4c(c3)CCC4)C2)c(C(F)(F)F)c1)c1ccco1. The molecule has 0 spiro atoms. The first-order valence-corrected chi connectivity index (χ1v) is 11.5. The molecule has 2 aliphatic rings. The molecule has 2 heterocycles. The lowest BCUT2D eigenvalue weighted by molar-refractivity contribution is -0.137. The zero-order valence-corrected chi connectivity index (χ0v) is 19.0. The van der Waals surface area contributed by atoms with Gasteiger partial charge < -0.3 is 20.0 Å². The van der Waals surface area contributed by atoms with Crippen LogP contribution in [0.3, 0.4) is 0 Å². The molecule has 2 aromatic carbocycles. The molecule has 0 saturated carbocycles. The van der Waals surface area contributed by atoms with Crippen molar-refractivity contribution in [2.24, 2.45) is 5.92 Å². The van der Waals surface area contributed by atoms with Gasteiger partial charge in [0.15, 0.2) is 5.76 Å². The van der Waals surface area contributed by atoms with E-state index in [1.54, 1.807) is 0 Å². The number of nitrogens with one attached hydrogen (secondary N) is 2. The van der Waals surface area contributed by atoms with Gasteiger partial charge in [-0.3, -0.25) is 14.4 Å². The summed E-state index contributed by atoms with van der Waals surface area (Å²) in [6.45, 7) is 0.0854. The number of rotatable bonds is 5. The van der Waals surface area contributed by atoms with E-state index in [0.29, 0.717) is 5.69 Å². The van der Waals surface area contributed by atoms with Gasteiger partial charge in [0.2, 0.25) is 11.8 Å². The summed E-state index contributed by atoms with van der Waals surface area (Å²) < 4.78 is 46.3. The topological polar surface area (TPSA) is 91.7 Å². The summed E-state index contributed by atoms with van der Waals surface area (Å²) in [5.41, 5.74) is 1.45. The van der Waals surface area contributed by atoms with Gasteiger partial charge in [-0.05, 0) is 72.9 Å². The summed E-state index contributed by atoms with van der Waals surface area (Å²) in [5.74, 6) is -2.49. The average molecular weight is 497 g/mol. The standard InChI is InChI=1S/C26H22F3N3O4/c27-26(28,29)20-13-18(30-25(35)22-5-2-10-36-22)7-9-21(20)31-24(34)17-12-23(33)32(14-17)19-8-6-15-3-1-4-16(15)11-19/h2,5-11,13,17H,1,3-4,12,14H2,(H,30,35)(H,31,34). The van der Waals surface area contributed by atoms with Gasteiger partial charge in [0.05, 0.1) is 23.4 Å². The molecule has 1 atom stereocenters. The summed E-state index contributed by atoms with van der Waals surface area (Å²) in [5, 5.41) is 4.68. The van der Waals surface area contributed by atoms with E-state index in [0.717, 1.165) is 31.4 Å². The van der Waals surface area contributed by atoms with Crippen LogP contribution in [0.1, 0.15) is 40.1 Å². The van der Waals surface area contributed by atoms with Crippen molar-refractivity contribution in [1.82, 2.24) is 0 Å². The van der Waals surface area contributed by atoms with Crippen molar-refractivity contribution in [2.45, 2.75) is 31.9 Å². The normalized spacial score (nSPS) is 17.2. The minimum Gasteiger partial charge on any atom is -0.459 e. The molecule has 1 aliphatic heterocycles. The van der Waals surface area contributed by atoms with Crippen LogP contribution in [0.2, 0.25) is 0 Å². The zero-order valence-electron chi connectivity index (χ0n) is 19.0. The number of alkyl halides is 3. The van der Waals surface area contributed by atoms with Crippen LogP contribution in [0.15, 0.2) is 59.2 Å². The summed E-state index contributed by atoms with van der Waals surface area (Å²) >= 11 is 0. The third-order valence-corrected chi connectivity index (χ3v) is 6.48. The second-order valence-electron chi connectivity index (χ2n) is 8.89. The van der Waals surface area contributed by atoms with Gasteiger partial charge in [-0.2, -0.15) is 13.2 Å². The maximum atomic E-state index is 13.8. The van der Waals surface area contributed by atoms with Crippen molar-refractivity contribution in [3.8, 4) is 0 Å². The number of fused-ring (bicyclic) bond motifs is 1. The highest BCUT2D eigenvalue weighted by Gasteiger charge is 2.38. The van der Waals surface area contributed by atoms with Crippen molar-refractivity contribution in [2.75, 3.05) is 22.1 Å². The lowest BCUT2D eigenvalue weighted by atomic mass is 10.1. The van der Waals surface area contributed by atoms with Crippen molar-refractivity contribution < 1.29 is 32.0 Å². The fourth-order valence-corrected chi connectivity index (χ4v) is 4.66. The molecule has 5 rings (SSSR count). The fraction of sp³-hybridized carbons (Fsp3) is 0.269. The number of benzene rings is 2. The van der Waals surface area contributed by atoms with Crippen LogP contribution in [-0.4, -0.2) is 24.3 Å². The van der Waals surface area contributed by atoms with Gasteiger partial charge in [-0.15, -0.1) is 0 Å². The van der Waals surface area contributed by atoms with Crippen LogP contribution in [0.25, 0.3) is 0 Å². The van der Waals surface area contributed by atoms with Gasteiger partial charge in [0, 0.05) is 24.3 Å². The molecule has 36 heavy (non-hydrogen) atoms. The van der Waals surface area contributed by atoms with E-state index in [1.165, 1.54) is 40.5 Å². The van der Waals surface area contributed by atoms with Crippen LogP contribution in [0, 0.1) is 5.92 Å². The predicted molar refractivity (Wildman–Crippen MR) is 126 cm³/mol. The third kappa shape index (κ3) is 4.71. The Bertz CT molecular complexity index is 1330. The molecule has 1 saturated heterocycles. The van der Waals surface area contributed by atoms with Gasteiger partial charge in [0.25, 0.3) is 5.91 Å². The number of anilines is 3. The van der Waals surface area contributed by atoms with Crippen LogP contribution in [0.5, 0.6) is 0 Å². The highest BCUT2D eigenvalue weighted by atomic mass is 19.4. The van der Waals surface area contributed by atoms with E-state index < -0.39 is 35.2 Å². The largest absolute Gasteiger partial charge is 0.459 e. The number of halogens is 3. The van der Waals surface area contributed by atoms with Gasteiger partial charge in [-0.25, -0.2) is 0 Å². The van der Waals surface area contributed by atoms with Gasteiger partial charge in [-0.1, -0.05) is 6.07 Å². The molecule has 186 valence electrons. The highest BCUT2D eigenvalue weighted by Crippen LogP contribution is 2.37. The Labute approximate surface area is 204 Å². The third-order valence-electron chi connectivity index (χ3n) is 6.48. The second kappa shape index (κ2) is 9.18. The van der Waals surface area contributed by atoms with Crippen LogP contribution in [-0.2, 0) is 28.6 Å². The molecular formula is C26H22F3N3O4. The summed E-state index contributed by atoms with van der Waals surface area (Å²) in [7, 11) is 0.